The van der Waals surface area contributed by atoms with Crippen LogP contribution in [0, 0.1) is 0 Å². The number of halogens is 1. The summed E-state index contributed by atoms with van der Waals surface area (Å²) < 4.78 is 5.86. The largest absolute Gasteiger partial charge is 0.459 e. The second-order valence-electron chi connectivity index (χ2n) is 4.65. The molecule has 0 bridgehead atoms. The van der Waals surface area contributed by atoms with Crippen LogP contribution in [0.5, 0.6) is 0 Å². The molecular weight excluding hydrogens is 376 g/mol. The van der Waals surface area contributed by atoms with Crippen molar-refractivity contribution in [2.75, 3.05) is 16.5 Å². The Kier molecular flexibility index (Phi) is 4.62. The van der Waals surface area contributed by atoms with E-state index in [4.69, 9.17) is 10.2 Å². The maximum Gasteiger partial charge on any atom is 0.305 e. The number of aromatic nitrogens is 2. The molecule has 0 aliphatic rings. The van der Waals surface area contributed by atoms with Crippen LogP contribution >= 0.6 is 15.9 Å². The summed E-state index contributed by atoms with van der Waals surface area (Å²) in [4.78, 5) is 20.0. The fourth-order valence-corrected chi connectivity index (χ4v) is 2.25. The molecule has 2 aromatic heterocycles. The lowest BCUT2D eigenvalue weighted by Gasteiger charge is -2.13. The van der Waals surface area contributed by atoms with E-state index in [2.05, 4.69) is 42.1 Å². The number of rotatable bonds is 5. The Labute approximate surface area is 145 Å². The quantitative estimate of drug-likeness (QED) is 0.496. The summed E-state index contributed by atoms with van der Waals surface area (Å²) >= 11 is 3.44. The molecule has 24 heavy (non-hydrogen) atoms. The van der Waals surface area contributed by atoms with Gasteiger partial charge in [-0.05, 0) is 40.2 Å². The van der Waals surface area contributed by atoms with E-state index in [0.29, 0.717) is 5.82 Å². The average Bonchev–Trinajstić information content (AvgIpc) is 3.12. The minimum Gasteiger partial charge on any atom is -0.459 e. The summed E-state index contributed by atoms with van der Waals surface area (Å²) in [6, 6.07) is 10.7. The van der Waals surface area contributed by atoms with Crippen LogP contribution < -0.4 is 21.9 Å². The number of amides is 1. The second kappa shape index (κ2) is 7.01. The number of para-hydroxylation sites is 1. The van der Waals surface area contributed by atoms with Gasteiger partial charge in [0.25, 0.3) is 0 Å². The van der Waals surface area contributed by atoms with Gasteiger partial charge in [-0.15, -0.1) is 0 Å². The van der Waals surface area contributed by atoms with Gasteiger partial charge in [-0.25, -0.2) is 9.97 Å². The van der Waals surface area contributed by atoms with Gasteiger partial charge in [0.15, 0.2) is 17.4 Å². The van der Waals surface area contributed by atoms with Crippen molar-refractivity contribution < 1.29 is 9.21 Å². The molecule has 3 rings (SSSR count). The van der Waals surface area contributed by atoms with Gasteiger partial charge in [-0.1, -0.05) is 12.1 Å². The Balaban J connectivity index is 1.74. The van der Waals surface area contributed by atoms with Crippen LogP contribution in [0.4, 0.5) is 23.0 Å². The highest BCUT2D eigenvalue weighted by atomic mass is 79.9. The van der Waals surface area contributed by atoms with Crippen molar-refractivity contribution in [2.24, 2.45) is 0 Å². The summed E-state index contributed by atoms with van der Waals surface area (Å²) in [5.41, 5.74) is 12.2. The van der Waals surface area contributed by atoms with Gasteiger partial charge in [0.2, 0.25) is 0 Å². The molecule has 0 unspecified atom stereocenters. The van der Waals surface area contributed by atoms with Gasteiger partial charge in [0.1, 0.15) is 12.0 Å². The monoisotopic (exact) mass is 388 g/mol. The zero-order chi connectivity index (χ0) is 16.9. The molecular formula is C15H13BrN6O2. The van der Waals surface area contributed by atoms with E-state index in [1.54, 1.807) is 12.1 Å². The van der Waals surface area contributed by atoms with Gasteiger partial charge in [0, 0.05) is 4.47 Å². The summed E-state index contributed by atoms with van der Waals surface area (Å²) in [6.07, 6.45) is 2.74. The number of anilines is 4. The summed E-state index contributed by atoms with van der Waals surface area (Å²) in [5, 5.41) is 3.10. The summed E-state index contributed by atoms with van der Waals surface area (Å²) in [7, 11) is 0. The molecule has 1 aromatic carbocycles. The van der Waals surface area contributed by atoms with Crippen molar-refractivity contribution in [1.82, 2.24) is 15.4 Å². The van der Waals surface area contributed by atoms with Crippen molar-refractivity contribution in [3.8, 4) is 0 Å². The fraction of sp³-hybridized carbons (Fsp3) is 0. The van der Waals surface area contributed by atoms with Crippen molar-refractivity contribution in [1.29, 1.82) is 0 Å². The van der Waals surface area contributed by atoms with Crippen molar-refractivity contribution in [3.63, 3.8) is 0 Å². The minimum absolute atomic E-state index is 0.168. The van der Waals surface area contributed by atoms with Crippen molar-refractivity contribution in [2.45, 2.75) is 0 Å². The van der Waals surface area contributed by atoms with E-state index in [1.165, 1.54) is 12.6 Å². The summed E-state index contributed by atoms with van der Waals surface area (Å²) in [6.45, 7) is 0. The molecule has 0 radical (unpaired) electrons. The molecule has 122 valence electrons. The number of nitrogens with two attached hydrogens (primary N) is 1. The fourth-order valence-electron chi connectivity index (χ4n) is 1.87. The average molecular weight is 389 g/mol. The zero-order valence-corrected chi connectivity index (χ0v) is 13.9. The van der Waals surface area contributed by atoms with Crippen molar-refractivity contribution in [3.05, 3.63) is 59.2 Å². The number of carbonyl (C=O) groups is 1. The Bertz CT molecular complexity index is 853. The maximum absolute atomic E-state index is 11.8. The smallest absolute Gasteiger partial charge is 0.305 e. The molecule has 0 atom stereocenters. The van der Waals surface area contributed by atoms with Crippen LogP contribution in [-0.2, 0) is 0 Å². The number of hydrazine groups is 1. The van der Waals surface area contributed by atoms with Gasteiger partial charge in [0.05, 0.1) is 12.0 Å². The second-order valence-corrected chi connectivity index (χ2v) is 5.50. The molecule has 0 spiro atoms. The number of nitrogens with one attached hydrogen (secondary N) is 3. The molecule has 0 saturated heterocycles. The lowest BCUT2D eigenvalue weighted by Crippen LogP contribution is -2.30. The van der Waals surface area contributed by atoms with E-state index < -0.39 is 5.91 Å². The summed E-state index contributed by atoms with van der Waals surface area (Å²) in [5.74, 6) is 0.395. The first-order chi connectivity index (χ1) is 11.6. The van der Waals surface area contributed by atoms with Crippen LogP contribution in [0.15, 0.2) is 57.9 Å². The van der Waals surface area contributed by atoms with Crippen LogP contribution in [0.25, 0.3) is 0 Å². The third kappa shape index (κ3) is 3.46. The topological polar surface area (TPSA) is 118 Å². The van der Waals surface area contributed by atoms with Gasteiger partial charge in [-0.3, -0.25) is 15.6 Å². The molecule has 0 aliphatic heterocycles. The number of carbonyl (C=O) groups excluding carboxylic acids is 1. The van der Waals surface area contributed by atoms with Crippen molar-refractivity contribution >= 4 is 44.8 Å². The highest BCUT2D eigenvalue weighted by Gasteiger charge is 2.12. The van der Waals surface area contributed by atoms with Crippen LogP contribution in [-0.4, -0.2) is 15.9 Å². The Hall–Kier alpha value is -3.07. The number of nitrogens with zero attached hydrogens (tertiary/aromatic N) is 2. The Morgan fingerprint density at radius 1 is 1.12 bits per heavy atom. The number of nitrogen functional groups attached to an aromatic ring is 1. The minimum atomic E-state index is -0.446. The normalized spacial score (nSPS) is 10.2. The Morgan fingerprint density at radius 2 is 1.92 bits per heavy atom. The number of furan rings is 1. The first-order valence-corrected chi connectivity index (χ1v) is 7.66. The van der Waals surface area contributed by atoms with E-state index in [0.717, 1.165) is 10.2 Å². The molecule has 1 amide bonds. The first-order valence-electron chi connectivity index (χ1n) is 6.87. The van der Waals surface area contributed by atoms with Crippen LogP contribution in [0.1, 0.15) is 10.6 Å². The molecule has 0 aliphatic carbocycles. The number of hydrogen-bond donors (Lipinski definition) is 4. The third-order valence-electron chi connectivity index (χ3n) is 3.05. The van der Waals surface area contributed by atoms with E-state index in [9.17, 15) is 4.79 Å². The molecule has 3 aromatic rings. The van der Waals surface area contributed by atoms with Crippen LogP contribution in [0.3, 0.4) is 0 Å². The Morgan fingerprint density at radius 3 is 2.67 bits per heavy atom. The van der Waals surface area contributed by atoms with E-state index in [1.807, 2.05) is 24.3 Å². The SMILES string of the molecule is Nc1c(NNC(=O)c2ccco2)ncnc1Nc1ccccc1Br. The number of hydrogen-bond acceptors (Lipinski definition) is 7. The van der Waals surface area contributed by atoms with Gasteiger partial charge in [-0.2, -0.15) is 0 Å². The maximum atomic E-state index is 11.8. The van der Waals surface area contributed by atoms with Gasteiger partial charge >= 0.3 is 5.91 Å². The van der Waals surface area contributed by atoms with Gasteiger partial charge < -0.3 is 15.5 Å². The lowest BCUT2D eigenvalue weighted by atomic mass is 10.3. The number of benzene rings is 1. The van der Waals surface area contributed by atoms with Crippen LogP contribution in [0.2, 0.25) is 0 Å². The highest BCUT2D eigenvalue weighted by Crippen LogP contribution is 2.29. The molecule has 5 N–H and O–H groups in total. The third-order valence-corrected chi connectivity index (χ3v) is 3.74. The van der Waals surface area contributed by atoms with E-state index in [-0.39, 0.29) is 17.3 Å². The molecule has 8 nitrogen and oxygen atoms in total. The zero-order valence-electron chi connectivity index (χ0n) is 12.3. The lowest BCUT2D eigenvalue weighted by molar-refractivity contribution is 0.0935. The first kappa shape index (κ1) is 15.8. The molecule has 0 fully saturated rings. The molecule has 9 heteroatoms. The molecule has 0 saturated carbocycles. The predicted octanol–water partition coefficient (Wildman–Crippen LogP) is 2.91. The highest BCUT2D eigenvalue weighted by molar-refractivity contribution is 9.10. The van der Waals surface area contributed by atoms with E-state index >= 15 is 0 Å². The predicted molar refractivity (Wildman–Crippen MR) is 93.7 cm³/mol. The molecule has 2 heterocycles. The standard InChI is InChI=1S/C15H13BrN6O2/c16-9-4-1-2-5-10(9)20-13-12(17)14(19-8-18-13)21-22-15(23)11-6-3-7-24-11/h1-8H,17H2,(H,22,23)(H2,18,19,20,21).